The van der Waals surface area contributed by atoms with E-state index < -0.39 is 5.97 Å². The minimum absolute atomic E-state index is 0.146. The Labute approximate surface area is 202 Å². The van der Waals surface area contributed by atoms with Crippen LogP contribution in [0, 0.1) is 0 Å². The molecule has 0 saturated carbocycles. The van der Waals surface area contributed by atoms with Gasteiger partial charge in [0.15, 0.2) is 5.75 Å². The van der Waals surface area contributed by atoms with E-state index in [2.05, 4.69) is 34.1 Å². The lowest BCUT2D eigenvalue weighted by atomic mass is 10.1. The Hall–Kier alpha value is -4.90. The number of anilines is 3. The second-order valence-corrected chi connectivity index (χ2v) is 7.97. The zero-order valence-corrected chi connectivity index (χ0v) is 18.7. The predicted molar refractivity (Wildman–Crippen MR) is 140 cm³/mol. The van der Waals surface area contributed by atoms with Gasteiger partial charge in [0.1, 0.15) is 11.3 Å². The molecule has 0 aliphatic heterocycles. The van der Waals surface area contributed by atoms with Gasteiger partial charge in [-0.2, -0.15) is 0 Å². The number of carboxylic acids is 1. The van der Waals surface area contributed by atoms with E-state index in [0.29, 0.717) is 10.9 Å². The van der Waals surface area contributed by atoms with Crippen molar-refractivity contribution < 1.29 is 15.0 Å². The number of para-hydroxylation sites is 3. The lowest BCUT2D eigenvalue weighted by Crippen LogP contribution is -2.09. The first kappa shape index (κ1) is 21.9. The molecule has 0 aliphatic carbocycles. The molecule has 35 heavy (non-hydrogen) atoms. The molecular weight excluding hydrogens is 436 g/mol. The number of aromatic hydroxyl groups is 1. The summed E-state index contributed by atoms with van der Waals surface area (Å²) in [5, 5.41) is 20.6. The molecule has 0 bridgehead atoms. The highest BCUT2D eigenvalue weighted by Crippen LogP contribution is 2.34. The molecule has 5 rings (SSSR count). The molecule has 0 atom stereocenters. The second-order valence-electron chi connectivity index (χ2n) is 7.97. The van der Waals surface area contributed by atoms with E-state index in [4.69, 9.17) is 0 Å². The first-order chi connectivity index (χ1) is 17.1. The van der Waals surface area contributed by atoms with Crippen LogP contribution in [-0.2, 0) is 0 Å². The number of hydrogen-bond donors (Lipinski definition) is 2. The Balaban J connectivity index is 1.49. The van der Waals surface area contributed by atoms with E-state index in [9.17, 15) is 15.0 Å². The van der Waals surface area contributed by atoms with E-state index in [-0.39, 0.29) is 17.0 Å². The molecule has 0 unspecified atom stereocenters. The molecule has 2 N–H and O–H groups in total. The zero-order valence-electron chi connectivity index (χ0n) is 18.7. The molecule has 170 valence electrons. The van der Waals surface area contributed by atoms with Crippen LogP contribution in [0.4, 0.5) is 17.1 Å². The van der Waals surface area contributed by atoms with E-state index in [1.165, 1.54) is 0 Å². The van der Waals surface area contributed by atoms with Crippen molar-refractivity contribution in [1.29, 1.82) is 0 Å². The molecule has 0 amide bonds. The number of benzene rings is 4. The van der Waals surface area contributed by atoms with Crippen LogP contribution >= 0.6 is 0 Å². The van der Waals surface area contributed by atoms with Crippen molar-refractivity contribution in [3.63, 3.8) is 0 Å². The fraction of sp³-hybridized carbons (Fsp3) is 0. The third-order valence-electron chi connectivity index (χ3n) is 5.72. The van der Waals surface area contributed by atoms with Gasteiger partial charge in [0, 0.05) is 22.4 Å². The van der Waals surface area contributed by atoms with Gasteiger partial charge in [-0.25, -0.2) is 9.78 Å². The van der Waals surface area contributed by atoms with Crippen LogP contribution in [0.15, 0.2) is 109 Å². The lowest BCUT2D eigenvalue weighted by molar-refractivity contribution is 0.0696. The third kappa shape index (κ3) is 4.48. The average molecular weight is 459 g/mol. The number of nitrogens with zero attached hydrogens (tertiary/aromatic N) is 2. The molecule has 0 fully saturated rings. The van der Waals surface area contributed by atoms with Crippen LogP contribution in [0.3, 0.4) is 0 Å². The van der Waals surface area contributed by atoms with Crippen LogP contribution in [0.5, 0.6) is 5.75 Å². The number of aromatic nitrogens is 1. The van der Waals surface area contributed by atoms with Gasteiger partial charge in [-0.1, -0.05) is 72.8 Å². The monoisotopic (exact) mass is 458 g/mol. The number of hydrogen-bond acceptors (Lipinski definition) is 4. The van der Waals surface area contributed by atoms with Crippen molar-refractivity contribution in [2.75, 3.05) is 4.90 Å². The SMILES string of the molecule is O=C(O)c1c(O)c(/C=C/c2ccc(N(c3ccccc3)c3ccccc3)cc2)nc2ccccc12. The summed E-state index contributed by atoms with van der Waals surface area (Å²) in [7, 11) is 0. The van der Waals surface area contributed by atoms with Crippen LogP contribution in [-0.4, -0.2) is 21.2 Å². The van der Waals surface area contributed by atoms with Gasteiger partial charge in [0.2, 0.25) is 0 Å². The van der Waals surface area contributed by atoms with Crippen molar-refractivity contribution in [3.05, 3.63) is 126 Å². The van der Waals surface area contributed by atoms with Gasteiger partial charge >= 0.3 is 5.97 Å². The maximum absolute atomic E-state index is 11.8. The molecule has 0 spiro atoms. The Kier molecular flexibility index (Phi) is 5.97. The highest BCUT2D eigenvalue weighted by atomic mass is 16.4. The van der Waals surface area contributed by atoms with Crippen molar-refractivity contribution in [2.45, 2.75) is 0 Å². The molecule has 4 aromatic carbocycles. The molecule has 5 heteroatoms. The molecule has 1 heterocycles. The summed E-state index contributed by atoms with van der Waals surface area (Å²) in [5.74, 6) is -1.54. The van der Waals surface area contributed by atoms with E-state index >= 15 is 0 Å². The maximum Gasteiger partial charge on any atom is 0.340 e. The summed E-state index contributed by atoms with van der Waals surface area (Å²) in [4.78, 5) is 18.4. The van der Waals surface area contributed by atoms with Gasteiger partial charge in [-0.05, 0) is 54.1 Å². The van der Waals surface area contributed by atoms with Gasteiger partial charge in [0.25, 0.3) is 0 Å². The smallest absolute Gasteiger partial charge is 0.340 e. The maximum atomic E-state index is 11.8. The van der Waals surface area contributed by atoms with E-state index in [1.54, 1.807) is 30.3 Å². The van der Waals surface area contributed by atoms with E-state index in [1.807, 2.05) is 66.7 Å². The number of aromatic carboxylic acids is 1. The van der Waals surface area contributed by atoms with Crippen LogP contribution in [0.25, 0.3) is 23.1 Å². The number of rotatable bonds is 6. The topological polar surface area (TPSA) is 73.7 Å². The molecule has 0 saturated heterocycles. The summed E-state index contributed by atoms with van der Waals surface area (Å²) in [6.07, 6.45) is 3.44. The fourth-order valence-electron chi connectivity index (χ4n) is 4.06. The Morgan fingerprint density at radius 1 is 0.686 bits per heavy atom. The summed E-state index contributed by atoms with van der Waals surface area (Å²) >= 11 is 0. The van der Waals surface area contributed by atoms with Crippen molar-refractivity contribution in [2.24, 2.45) is 0 Å². The first-order valence-electron chi connectivity index (χ1n) is 11.2. The number of carbonyl (C=O) groups is 1. The van der Waals surface area contributed by atoms with Gasteiger partial charge in [-0.3, -0.25) is 0 Å². The van der Waals surface area contributed by atoms with Crippen LogP contribution in [0.2, 0.25) is 0 Å². The molecule has 0 radical (unpaired) electrons. The summed E-state index contributed by atoms with van der Waals surface area (Å²) in [6.45, 7) is 0. The number of pyridine rings is 1. The number of fused-ring (bicyclic) bond motifs is 1. The third-order valence-corrected chi connectivity index (χ3v) is 5.72. The minimum atomic E-state index is -1.19. The summed E-state index contributed by atoms with van der Waals surface area (Å²) in [6, 6.07) is 35.2. The Morgan fingerprint density at radius 2 is 1.23 bits per heavy atom. The van der Waals surface area contributed by atoms with E-state index in [0.717, 1.165) is 22.6 Å². The average Bonchev–Trinajstić information content (AvgIpc) is 2.89. The Morgan fingerprint density at radius 3 is 1.83 bits per heavy atom. The molecular formula is C30H22N2O3. The molecule has 5 nitrogen and oxygen atoms in total. The molecule has 1 aromatic heterocycles. The van der Waals surface area contributed by atoms with Crippen molar-refractivity contribution in [1.82, 2.24) is 4.98 Å². The quantitative estimate of drug-likeness (QED) is 0.280. The van der Waals surface area contributed by atoms with Gasteiger partial charge in [-0.15, -0.1) is 0 Å². The fourth-order valence-corrected chi connectivity index (χ4v) is 4.06. The molecule has 5 aromatic rings. The first-order valence-corrected chi connectivity index (χ1v) is 11.2. The van der Waals surface area contributed by atoms with Crippen molar-refractivity contribution >= 4 is 46.1 Å². The van der Waals surface area contributed by atoms with Crippen molar-refractivity contribution in [3.8, 4) is 5.75 Å². The normalized spacial score (nSPS) is 11.1. The highest BCUT2D eigenvalue weighted by Gasteiger charge is 2.18. The van der Waals surface area contributed by atoms with Crippen LogP contribution in [0.1, 0.15) is 21.6 Å². The van der Waals surface area contributed by atoms with Gasteiger partial charge in [0.05, 0.1) is 5.52 Å². The molecule has 0 aliphatic rings. The minimum Gasteiger partial charge on any atom is -0.505 e. The van der Waals surface area contributed by atoms with Gasteiger partial charge < -0.3 is 15.1 Å². The predicted octanol–water partition coefficient (Wildman–Crippen LogP) is 7.28. The Bertz CT molecular complexity index is 1470. The largest absolute Gasteiger partial charge is 0.505 e. The van der Waals surface area contributed by atoms with Crippen LogP contribution < -0.4 is 4.90 Å². The zero-order chi connectivity index (χ0) is 24.2. The standard InChI is InChI=1S/C30H22N2O3/c33-29-27(31-26-14-8-7-13-25(26)28(29)30(34)35)20-17-21-15-18-24(19-16-21)32(22-9-3-1-4-10-22)23-11-5-2-6-12-23/h1-20,33H,(H,34,35)/b20-17+. The highest BCUT2D eigenvalue weighted by molar-refractivity contribution is 6.06. The second kappa shape index (κ2) is 9.53. The summed E-state index contributed by atoms with van der Waals surface area (Å²) < 4.78 is 0. The lowest BCUT2D eigenvalue weighted by Gasteiger charge is -2.25. The number of carboxylic acid groups (broad SMARTS) is 1. The summed E-state index contributed by atoms with van der Waals surface area (Å²) in [5.41, 5.74) is 4.56.